The second kappa shape index (κ2) is 6.73. The Kier molecular flexibility index (Phi) is 5.19. The highest BCUT2D eigenvalue weighted by Crippen LogP contribution is 2.23. The van der Waals surface area contributed by atoms with Gasteiger partial charge in [-0.1, -0.05) is 43.7 Å². The van der Waals surface area contributed by atoms with E-state index >= 15 is 0 Å². The van der Waals surface area contributed by atoms with Crippen molar-refractivity contribution in [2.24, 2.45) is 0 Å². The van der Waals surface area contributed by atoms with Crippen LogP contribution in [-0.4, -0.2) is 31.9 Å². The summed E-state index contributed by atoms with van der Waals surface area (Å²) in [6, 6.07) is 7.58. The minimum atomic E-state index is -3.42. The van der Waals surface area contributed by atoms with Crippen molar-refractivity contribution in [2.75, 3.05) is 13.1 Å². The zero-order valence-electron chi connectivity index (χ0n) is 13.0. The molecule has 1 aliphatic heterocycles. The molecule has 0 bridgehead atoms. The van der Waals surface area contributed by atoms with Gasteiger partial charge in [-0.25, -0.2) is 8.42 Å². The molecule has 1 aliphatic rings. The van der Waals surface area contributed by atoms with Crippen LogP contribution in [0.1, 0.15) is 32.8 Å². The first-order valence-electron chi connectivity index (χ1n) is 7.38. The Morgan fingerprint density at radius 2 is 2.00 bits per heavy atom. The SMILES string of the molecule is CC1=CCN(S(=O)(=O)c2ccccc2CNC(C)C)CC1. The van der Waals surface area contributed by atoms with Gasteiger partial charge in [-0.05, 0) is 25.0 Å². The van der Waals surface area contributed by atoms with Gasteiger partial charge in [-0.2, -0.15) is 4.31 Å². The molecule has 4 nitrogen and oxygen atoms in total. The van der Waals surface area contributed by atoms with Crippen molar-refractivity contribution in [3.05, 3.63) is 41.5 Å². The molecule has 1 aromatic carbocycles. The molecule has 0 amide bonds. The van der Waals surface area contributed by atoms with Crippen LogP contribution in [0.5, 0.6) is 0 Å². The molecule has 1 heterocycles. The minimum absolute atomic E-state index is 0.321. The molecule has 0 unspecified atom stereocenters. The van der Waals surface area contributed by atoms with E-state index in [0.717, 1.165) is 12.0 Å². The summed E-state index contributed by atoms with van der Waals surface area (Å²) in [6.45, 7) is 7.75. The molecule has 2 rings (SSSR count). The average Bonchev–Trinajstić information content (AvgIpc) is 2.46. The number of hydrogen-bond donors (Lipinski definition) is 1. The van der Waals surface area contributed by atoms with Gasteiger partial charge in [-0.3, -0.25) is 0 Å². The Hall–Kier alpha value is -1.17. The van der Waals surface area contributed by atoms with Crippen LogP contribution in [-0.2, 0) is 16.6 Å². The summed E-state index contributed by atoms with van der Waals surface area (Å²) < 4.78 is 27.2. The van der Waals surface area contributed by atoms with Crippen molar-refractivity contribution in [1.29, 1.82) is 0 Å². The van der Waals surface area contributed by atoms with Crippen LogP contribution in [0.2, 0.25) is 0 Å². The maximum absolute atomic E-state index is 12.8. The first-order chi connectivity index (χ1) is 9.91. The number of nitrogens with one attached hydrogen (secondary N) is 1. The van der Waals surface area contributed by atoms with Crippen LogP contribution in [0.3, 0.4) is 0 Å². The number of rotatable bonds is 5. The van der Waals surface area contributed by atoms with E-state index in [2.05, 4.69) is 19.2 Å². The molecule has 0 saturated heterocycles. The fourth-order valence-corrected chi connectivity index (χ4v) is 3.93. The molecule has 5 heteroatoms. The maximum atomic E-state index is 12.8. The summed E-state index contributed by atoms with van der Waals surface area (Å²) in [5.74, 6) is 0. The predicted molar refractivity (Wildman–Crippen MR) is 85.6 cm³/mol. The Morgan fingerprint density at radius 3 is 2.62 bits per heavy atom. The zero-order valence-corrected chi connectivity index (χ0v) is 13.8. The lowest BCUT2D eigenvalue weighted by atomic mass is 10.1. The molecule has 0 saturated carbocycles. The summed E-state index contributed by atoms with van der Waals surface area (Å²) in [5.41, 5.74) is 2.09. The van der Waals surface area contributed by atoms with E-state index in [-0.39, 0.29) is 0 Å². The maximum Gasteiger partial charge on any atom is 0.243 e. The predicted octanol–water partition coefficient (Wildman–Crippen LogP) is 2.53. The molecule has 21 heavy (non-hydrogen) atoms. The lowest BCUT2D eigenvalue weighted by Gasteiger charge is -2.26. The molecule has 1 N–H and O–H groups in total. The first-order valence-corrected chi connectivity index (χ1v) is 8.82. The Morgan fingerprint density at radius 1 is 1.29 bits per heavy atom. The summed E-state index contributed by atoms with van der Waals surface area (Å²) in [5, 5.41) is 3.29. The lowest BCUT2D eigenvalue weighted by molar-refractivity contribution is 0.430. The van der Waals surface area contributed by atoms with Gasteiger partial charge in [0, 0.05) is 25.7 Å². The van der Waals surface area contributed by atoms with Crippen LogP contribution >= 0.6 is 0 Å². The van der Waals surface area contributed by atoms with Crippen LogP contribution in [0.25, 0.3) is 0 Å². The minimum Gasteiger partial charge on any atom is -0.310 e. The zero-order chi connectivity index (χ0) is 15.5. The van der Waals surface area contributed by atoms with E-state index < -0.39 is 10.0 Å². The monoisotopic (exact) mass is 308 g/mol. The van der Waals surface area contributed by atoms with E-state index in [1.165, 1.54) is 5.57 Å². The Labute approximate surface area is 127 Å². The van der Waals surface area contributed by atoms with Gasteiger partial charge in [0.05, 0.1) is 4.90 Å². The molecule has 116 valence electrons. The van der Waals surface area contributed by atoms with E-state index in [9.17, 15) is 8.42 Å². The van der Waals surface area contributed by atoms with Crippen molar-refractivity contribution in [3.63, 3.8) is 0 Å². The van der Waals surface area contributed by atoms with E-state index in [1.54, 1.807) is 16.4 Å². The Balaban J connectivity index is 2.28. The van der Waals surface area contributed by atoms with Crippen LogP contribution in [0.15, 0.2) is 40.8 Å². The number of nitrogens with zero attached hydrogens (tertiary/aromatic N) is 1. The molecular weight excluding hydrogens is 284 g/mol. The van der Waals surface area contributed by atoms with Crippen molar-refractivity contribution < 1.29 is 8.42 Å². The molecular formula is C16H24N2O2S. The summed E-state index contributed by atoms with van der Waals surface area (Å²) in [4.78, 5) is 0.422. The fraction of sp³-hybridized carbons (Fsp3) is 0.500. The second-order valence-electron chi connectivity index (χ2n) is 5.81. The van der Waals surface area contributed by atoms with Crippen molar-refractivity contribution in [1.82, 2.24) is 9.62 Å². The Bertz CT molecular complexity index is 621. The van der Waals surface area contributed by atoms with Gasteiger partial charge in [-0.15, -0.1) is 0 Å². The lowest BCUT2D eigenvalue weighted by Crippen LogP contribution is -2.35. The third-order valence-corrected chi connectivity index (χ3v) is 5.66. The van der Waals surface area contributed by atoms with Crippen LogP contribution in [0.4, 0.5) is 0 Å². The molecule has 1 aromatic rings. The summed E-state index contributed by atoms with van der Waals surface area (Å²) in [6.07, 6.45) is 2.81. The van der Waals surface area contributed by atoms with E-state index in [1.807, 2.05) is 25.1 Å². The summed E-state index contributed by atoms with van der Waals surface area (Å²) in [7, 11) is -3.42. The van der Waals surface area contributed by atoms with Gasteiger partial charge in [0.1, 0.15) is 0 Å². The van der Waals surface area contributed by atoms with Gasteiger partial charge in [0.25, 0.3) is 0 Å². The number of hydrogen-bond acceptors (Lipinski definition) is 3. The molecule has 0 aliphatic carbocycles. The third kappa shape index (κ3) is 3.93. The van der Waals surface area contributed by atoms with E-state index in [4.69, 9.17) is 0 Å². The van der Waals surface area contributed by atoms with Gasteiger partial charge < -0.3 is 5.32 Å². The highest BCUT2D eigenvalue weighted by Gasteiger charge is 2.27. The number of benzene rings is 1. The largest absolute Gasteiger partial charge is 0.310 e. The average molecular weight is 308 g/mol. The first kappa shape index (κ1) is 16.2. The fourth-order valence-electron chi connectivity index (χ4n) is 2.33. The molecule has 0 fully saturated rings. The number of sulfonamides is 1. The normalized spacial score (nSPS) is 17.0. The highest BCUT2D eigenvalue weighted by molar-refractivity contribution is 7.89. The topological polar surface area (TPSA) is 49.4 Å². The van der Waals surface area contributed by atoms with Gasteiger partial charge in [0.2, 0.25) is 10.0 Å². The molecule has 0 spiro atoms. The highest BCUT2D eigenvalue weighted by atomic mass is 32.2. The van der Waals surface area contributed by atoms with Crippen molar-refractivity contribution >= 4 is 10.0 Å². The van der Waals surface area contributed by atoms with Crippen molar-refractivity contribution in [3.8, 4) is 0 Å². The van der Waals surface area contributed by atoms with Crippen molar-refractivity contribution in [2.45, 2.75) is 44.7 Å². The standard InChI is InChI=1S/C16H24N2O2S/c1-13(2)17-12-15-6-4-5-7-16(15)21(19,20)18-10-8-14(3)9-11-18/h4-8,13,17H,9-12H2,1-3H3. The second-order valence-corrected chi connectivity index (χ2v) is 7.71. The summed E-state index contributed by atoms with van der Waals surface area (Å²) >= 11 is 0. The molecule has 0 atom stereocenters. The van der Waals surface area contributed by atoms with Crippen LogP contribution < -0.4 is 5.32 Å². The van der Waals surface area contributed by atoms with E-state index in [0.29, 0.717) is 30.6 Å². The van der Waals surface area contributed by atoms with Crippen LogP contribution in [0, 0.1) is 0 Å². The molecule has 0 aromatic heterocycles. The van der Waals surface area contributed by atoms with Gasteiger partial charge >= 0.3 is 0 Å². The molecule has 0 radical (unpaired) electrons. The third-order valence-electron chi connectivity index (χ3n) is 3.69. The smallest absolute Gasteiger partial charge is 0.243 e. The quantitative estimate of drug-likeness (QED) is 0.850. The van der Waals surface area contributed by atoms with Gasteiger partial charge in [0.15, 0.2) is 0 Å².